The number of rotatable bonds is 6. The Bertz CT molecular complexity index is 867. The summed E-state index contributed by atoms with van der Waals surface area (Å²) in [5, 5.41) is 0.202. The van der Waals surface area contributed by atoms with E-state index in [-0.39, 0.29) is 23.1 Å². The SMILES string of the molecule is COc1ccc(CS[C@H]2[C@H](C(=O)NNC(=O)c3ccccc3)C3CC[NH+]2CC3)cc1. The molecule has 2 atom stereocenters. The van der Waals surface area contributed by atoms with E-state index in [1.165, 1.54) is 10.5 Å². The predicted molar refractivity (Wildman–Crippen MR) is 117 cm³/mol. The van der Waals surface area contributed by atoms with Gasteiger partial charge in [-0.25, -0.2) is 0 Å². The molecular formula is C23H28N3O3S+. The zero-order valence-electron chi connectivity index (χ0n) is 17.1. The minimum absolute atomic E-state index is 0.0755. The molecule has 3 aliphatic heterocycles. The maximum Gasteiger partial charge on any atom is 0.269 e. The third kappa shape index (κ3) is 4.63. The van der Waals surface area contributed by atoms with Crippen LogP contribution in [-0.2, 0) is 10.5 Å². The smallest absolute Gasteiger partial charge is 0.269 e. The molecule has 3 heterocycles. The summed E-state index contributed by atoms with van der Waals surface area (Å²) in [4.78, 5) is 26.8. The van der Waals surface area contributed by atoms with Gasteiger partial charge in [-0.15, -0.1) is 0 Å². The normalized spacial score (nSPS) is 24.8. The zero-order valence-corrected chi connectivity index (χ0v) is 17.9. The van der Waals surface area contributed by atoms with E-state index < -0.39 is 0 Å². The molecule has 0 aromatic heterocycles. The fraction of sp³-hybridized carbons (Fsp3) is 0.391. The monoisotopic (exact) mass is 426 g/mol. The first-order valence-electron chi connectivity index (χ1n) is 10.4. The Morgan fingerprint density at radius 3 is 2.40 bits per heavy atom. The van der Waals surface area contributed by atoms with Gasteiger partial charge in [-0.2, -0.15) is 0 Å². The molecule has 2 amide bonds. The largest absolute Gasteiger partial charge is 0.497 e. The highest BCUT2D eigenvalue weighted by molar-refractivity contribution is 7.98. The molecular weight excluding hydrogens is 398 g/mol. The van der Waals surface area contributed by atoms with E-state index in [1.807, 2.05) is 30.0 Å². The van der Waals surface area contributed by atoms with Gasteiger partial charge in [0.15, 0.2) is 0 Å². The van der Waals surface area contributed by atoms with Crippen molar-refractivity contribution < 1.29 is 19.2 Å². The Hall–Kier alpha value is -2.51. The molecule has 0 saturated carbocycles. The second-order valence-electron chi connectivity index (χ2n) is 7.91. The molecule has 2 aromatic carbocycles. The summed E-state index contributed by atoms with van der Waals surface area (Å²) in [7, 11) is 1.67. The highest BCUT2D eigenvalue weighted by Crippen LogP contribution is 2.34. The van der Waals surface area contributed by atoms with Gasteiger partial charge >= 0.3 is 0 Å². The number of piperidine rings is 3. The number of hydrogen-bond donors (Lipinski definition) is 3. The molecule has 158 valence electrons. The molecule has 6 nitrogen and oxygen atoms in total. The van der Waals surface area contributed by atoms with Crippen LogP contribution in [0.25, 0.3) is 0 Å². The van der Waals surface area contributed by atoms with Crippen LogP contribution in [0.5, 0.6) is 5.75 Å². The number of methoxy groups -OCH3 is 1. The number of carbonyl (C=O) groups excluding carboxylic acids is 2. The standard InChI is InChI=1S/C23H27N3O3S/c1-29-19-9-7-16(8-10-19)15-30-23-20(17-11-13-26(23)14-12-17)22(28)25-24-21(27)18-5-3-2-4-6-18/h2-10,17,20,23H,11-15H2,1H3,(H,24,27)(H,25,28)/p+1/t20-,23-/m0/s1. The number of hydrogen-bond acceptors (Lipinski definition) is 4. The van der Waals surface area contributed by atoms with Gasteiger partial charge in [0, 0.05) is 24.2 Å². The molecule has 0 aliphatic carbocycles. The molecule has 2 bridgehead atoms. The van der Waals surface area contributed by atoms with Crippen LogP contribution in [0, 0.1) is 11.8 Å². The van der Waals surface area contributed by atoms with Crippen molar-refractivity contribution in [1.29, 1.82) is 0 Å². The number of amides is 2. The molecule has 3 aliphatic rings. The molecule has 0 radical (unpaired) electrons. The van der Waals surface area contributed by atoms with E-state index in [1.54, 1.807) is 31.4 Å². The van der Waals surface area contributed by atoms with E-state index in [2.05, 4.69) is 23.0 Å². The lowest BCUT2D eigenvalue weighted by Gasteiger charge is -2.46. The molecule has 7 heteroatoms. The summed E-state index contributed by atoms with van der Waals surface area (Å²) in [5.74, 6) is 1.62. The first-order valence-corrected chi connectivity index (χ1v) is 11.4. The van der Waals surface area contributed by atoms with Gasteiger partial charge in [0.2, 0.25) is 5.91 Å². The number of quaternary nitrogens is 1. The van der Waals surface area contributed by atoms with E-state index in [0.717, 1.165) is 37.4 Å². The van der Waals surface area contributed by atoms with Crippen molar-refractivity contribution in [2.45, 2.75) is 24.0 Å². The van der Waals surface area contributed by atoms with E-state index in [9.17, 15) is 9.59 Å². The molecule has 3 N–H and O–H groups in total. The highest BCUT2D eigenvalue weighted by Gasteiger charge is 2.49. The van der Waals surface area contributed by atoms with Crippen LogP contribution in [0.1, 0.15) is 28.8 Å². The van der Waals surface area contributed by atoms with Gasteiger partial charge in [-0.3, -0.25) is 20.4 Å². The summed E-state index contributed by atoms with van der Waals surface area (Å²) in [5.41, 5.74) is 7.04. The number of nitrogens with one attached hydrogen (secondary N) is 3. The summed E-state index contributed by atoms with van der Waals surface area (Å²) in [6.45, 7) is 2.23. The first kappa shape index (κ1) is 20.8. The minimum Gasteiger partial charge on any atom is -0.497 e. The lowest BCUT2D eigenvalue weighted by atomic mass is 9.78. The first-order chi connectivity index (χ1) is 14.7. The van der Waals surface area contributed by atoms with Crippen LogP contribution >= 0.6 is 11.8 Å². The van der Waals surface area contributed by atoms with Crippen LogP contribution in [-0.4, -0.2) is 37.4 Å². The van der Waals surface area contributed by atoms with E-state index in [4.69, 9.17) is 4.74 Å². The van der Waals surface area contributed by atoms with Crippen molar-refractivity contribution in [2.75, 3.05) is 20.2 Å². The molecule has 0 spiro atoms. The number of thioether (sulfide) groups is 1. The van der Waals surface area contributed by atoms with Crippen LogP contribution in [0.2, 0.25) is 0 Å². The fourth-order valence-electron chi connectivity index (χ4n) is 4.50. The lowest BCUT2D eigenvalue weighted by molar-refractivity contribution is -0.930. The van der Waals surface area contributed by atoms with Gasteiger partial charge in [0.1, 0.15) is 17.0 Å². The van der Waals surface area contributed by atoms with Crippen molar-refractivity contribution in [2.24, 2.45) is 11.8 Å². The maximum absolute atomic E-state index is 13.1. The fourth-order valence-corrected chi connectivity index (χ4v) is 6.09. The Balaban J connectivity index is 1.39. The number of hydrazine groups is 1. The Kier molecular flexibility index (Phi) is 6.59. The number of benzene rings is 2. The van der Waals surface area contributed by atoms with Crippen LogP contribution in [0.4, 0.5) is 0 Å². The molecule has 3 saturated heterocycles. The molecule has 5 rings (SSSR count). The predicted octanol–water partition coefficient (Wildman–Crippen LogP) is 1.64. The van der Waals surface area contributed by atoms with Crippen molar-refractivity contribution in [3.63, 3.8) is 0 Å². The average molecular weight is 427 g/mol. The molecule has 2 aromatic rings. The van der Waals surface area contributed by atoms with Crippen LogP contribution in [0.15, 0.2) is 54.6 Å². The highest BCUT2D eigenvalue weighted by atomic mass is 32.2. The zero-order chi connectivity index (χ0) is 20.9. The third-order valence-electron chi connectivity index (χ3n) is 6.14. The van der Waals surface area contributed by atoms with Crippen molar-refractivity contribution >= 4 is 23.6 Å². The third-order valence-corrected chi connectivity index (χ3v) is 7.62. The molecule has 0 unspecified atom stereocenters. The van der Waals surface area contributed by atoms with E-state index in [0.29, 0.717) is 11.5 Å². The van der Waals surface area contributed by atoms with E-state index >= 15 is 0 Å². The van der Waals surface area contributed by atoms with Gasteiger partial charge in [0.25, 0.3) is 5.91 Å². The molecule has 3 fully saturated rings. The quantitative estimate of drug-likeness (QED) is 0.614. The van der Waals surface area contributed by atoms with Gasteiger partial charge in [-0.05, 0) is 35.7 Å². The Morgan fingerprint density at radius 2 is 1.73 bits per heavy atom. The summed E-state index contributed by atoms with van der Waals surface area (Å²) >= 11 is 1.84. The second kappa shape index (κ2) is 9.53. The minimum atomic E-state index is -0.292. The number of ether oxygens (including phenoxy) is 1. The lowest BCUT2D eigenvalue weighted by Crippen LogP contribution is -3.19. The second-order valence-corrected chi connectivity index (χ2v) is 9.04. The van der Waals surface area contributed by atoms with Gasteiger partial charge in [-0.1, -0.05) is 42.1 Å². The average Bonchev–Trinajstić information content (AvgIpc) is 2.82. The van der Waals surface area contributed by atoms with Crippen molar-refractivity contribution in [3.05, 3.63) is 65.7 Å². The van der Waals surface area contributed by atoms with Crippen molar-refractivity contribution in [1.82, 2.24) is 10.9 Å². The summed E-state index contributed by atoms with van der Waals surface area (Å²) < 4.78 is 5.23. The van der Waals surface area contributed by atoms with Crippen LogP contribution < -0.4 is 20.5 Å². The summed E-state index contributed by atoms with van der Waals surface area (Å²) in [6.07, 6.45) is 2.14. The molecule has 30 heavy (non-hydrogen) atoms. The van der Waals surface area contributed by atoms with Gasteiger partial charge < -0.3 is 9.64 Å². The van der Waals surface area contributed by atoms with Crippen LogP contribution in [0.3, 0.4) is 0 Å². The van der Waals surface area contributed by atoms with Crippen molar-refractivity contribution in [3.8, 4) is 5.75 Å². The Labute approximate surface area is 181 Å². The number of fused-ring (bicyclic) bond motifs is 3. The summed E-state index contributed by atoms with van der Waals surface area (Å²) in [6, 6.07) is 17.0. The topological polar surface area (TPSA) is 71.9 Å². The van der Waals surface area contributed by atoms with Gasteiger partial charge in [0.05, 0.1) is 20.2 Å². The maximum atomic E-state index is 13.1. The number of carbonyl (C=O) groups is 2. The Morgan fingerprint density at radius 1 is 1.03 bits per heavy atom.